The number of hydrogen-bond donors (Lipinski definition) is 1. The average molecular weight is 257 g/mol. The van der Waals surface area contributed by atoms with Gasteiger partial charge >= 0.3 is 0 Å². The quantitative estimate of drug-likeness (QED) is 0.879. The molecule has 0 bridgehead atoms. The minimum atomic E-state index is -0.988. The van der Waals surface area contributed by atoms with Crippen LogP contribution in [0.1, 0.15) is 19.4 Å². The summed E-state index contributed by atoms with van der Waals surface area (Å²) < 4.78 is 31.0. The molecular weight excluding hydrogens is 240 g/mol. The largest absolute Gasteiger partial charge is 0.483 e. The van der Waals surface area contributed by atoms with Crippen molar-refractivity contribution in [3.8, 4) is 5.75 Å². The van der Waals surface area contributed by atoms with Crippen molar-refractivity contribution in [1.82, 2.24) is 5.32 Å². The van der Waals surface area contributed by atoms with E-state index in [2.05, 4.69) is 5.32 Å². The molecule has 3 nitrogen and oxygen atoms in total. The second-order valence-corrected chi connectivity index (χ2v) is 4.52. The Labute approximate surface area is 105 Å². The maximum Gasteiger partial charge on any atom is 0.257 e. The van der Waals surface area contributed by atoms with Crippen molar-refractivity contribution in [1.29, 1.82) is 0 Å². The van der Waals surface area contributed by atoms with Crippen LogP contribution in [-0.4, -0.2) is 19.1 Å². The van der Waals surface area contributed by atoms with E-state index in [1.54, 1.807) is 6.92 Å². The van der Waals surface area contributed by atoms with Gasteiger partial charge in [-0.15, -0.1) is 0 Å². The van der Waals surface area contributed by atoms with Gasteiger partial charge in [-0.25, -0.2) is 8.78 Å². The van der Waals surface area contributed by atoms with Gasteiger partial charge in [-0.1, -0.05) is 13.8 Å². The lowest BCUT2D eigenvalue weighted by Gasteiger charge is -2.11. The standard InChI is InChI=1S/C13H17F2NO2/c1-8(2)6-16-13(17)7-18-12-5-11(15)10(14)4-9(12)3/h4-5,8H,6-7H2,1-3H3,(H,16,17). The lowest BCUT2D eigenvalue weighted by Crippen LogP contribution is -2.31. The van der Waals surface area contributed by atoms with Crippen molar-refractivity contribution in [3.05, 3.63) is 29.3 Å². The number of nitrogens with one attached hydrogen (secondary N) is 1. The van der Waals surface area contributed by atoms with Gasteiger partial charge in [0.15, 0.2) is 18.2 Å². The number of benzene rings is 1. The molecule has 0 aliphatic carbocycles. The zero-order valence-corrected chi connectivity index (χ0v) is 10.7. The molecule has 1 amide bonds. The Morgan fingerprint density at radius 3 is 2.56 bits per heavy atom. The lowest BCUT2D eigenvalue weighted by atomic mass is 10.2. The minimum absolute atomic E-state index is 0.175. The van der Waals surface area contributed by atoms with E-state index in [9.17, 15) is 13.6 Å². The maximum atomic E-state index is 13.0. The van der Waals surface area contributed by atoms with Crippen LogP contribution in [0.15, 0.2) is 12.1 Å². The highest BCUT2D eigenvalue weighted by atomic mass is 19.2. The molecule has 0 spiro atoms. The van der Waals surface area contributed by atoms with Gasteiger partial charge in [0, 0.05) is 12.6 Å². The first-order valence-corrected chi connectivity index (χ1v) is 5.75. The highest BCUT2D eigenvalue weighted by Gasteiger charge is 2.09. The van der Waals surface area contributed by atoms with Gasteiger partial charge in [0.05, 0.1) is 0 Å². The molecule has 1 aromatic carbocycles. The molecule has 1 N–H and O–H groups in total. The van der Waals surface area contributed by atoms with E-state index in [4.69, 9.17) is 4.74 Å². The van der Waals surface area contributed by atoms with Crippen LogP contribution in [0, 0.1) is 24.5 Å². The SMILES string of the molecule is Cc1cc(F)c(F)cc1OCC(=O)NCC(C)C. The summed E-state index contributed by atoms with van der Waals surface area (Å²) in [6.07, 6.45) is 0. The van der Waals surface area contributed by atoms with E-state index < -0.39 is 11.6 Å². The lowest BCUT2D eigenvalue weighted by molar-refractivity contribution is -0.123. The summed E-state index contributed by atoms with van der Waals surface area (Å²) in [6.45, 7) is 5.88. The Morgan fingerprint density at radius 2 is 1.94 bits per heavy atom. The number of rotatable bonds is 5. The highest BCUT2D eigenvalue weighted by molar-refractivity contribution is 5.77. The zero-order valence-electron chi connectivity index (χ0n) is 10.7. The van der Waals surface area contributed by atoms with Crippen LogP contribution in [0.5, 0.6) is 5.75 Å². The van der Waals surface area contributed by atoms with Gasteiger partial charge in [-0.2, -0.15) is 0 Å². The van der Waals surface area contributed by atoms with E-state index in [0.29, 0.717) is 18.0 Å². The number of hydrogen-bond acceptors (Lipinski definition) is 2. The van der Waals surface area contributed by atoms with Crippen LogP contribution < -0.4 is 10.1 Å². The molecule has 0 saturated carbocycles. The van der Waals surface area contributed by atoms with Gasteiger partial charge in [-0.05, 0) is 24.5 Å². The summed E-state index contributed by atoms with van der Waals surface area (Å²) in [5.74, 6) is -1.68. The second-order valence-electron chi connectivity index (χ2n) is 4.52. The van der Waals surface area contributed by atoms with Gasteiger partial charge in [-0.3, -0.25) is 4.79 Å². The van der Waals surface area contributed by atoms with Crippen molar-refractivity contribution in [2.75, 3.05) is 13.2 Å². The maximum absolute atomic E-state index is 13.0. The number of amides is 1. The number of halogens is 2. The molecule has 0 unspecified atom stereocenters. The van der Waals surface area contributed by atoms with Crippen LogP contribution in [0.4, 0.5) is 8.78 Å². The van der Waals surface area contributed by atoms with Crippen LogP contribution in [-0.2, 0) is 4.79 Å². The first kappa shape index (κ1) is 14.4. The molecular formula is C13H17F2NO2. The summed E-state index contributed by atoms with van der Waals surface area (Å²) >= 11 is 0. The predicted molar refractivity (Wildman–Crippen MR) is 64.4 cm³/mol. The van der Waals surface area contributed by atoms with Crippen LogP contribution in [0.25, 0.3) is 0 Å². The molecule has 0 radical (unpaired) electrons. The smallest absolute Gasteiger partial charge is 0.257 e. The Morgan fingerprint density at radius 1 is 1.33 bits per heavy atom. The third-order valence-electron chi connectivity index (χ3n) is 2.28. The molecule has 0 atom stereocenters. The Kier molecular flexibility index (Phi) is 5.07. The second kappa shape index (κ2) is 6.33. The van der Waals surface area contributed by atoms with Crippen molar-refractivity contribution in [2.45, 2.75) is 20.8 Å². The minimum Gasteiger partial charge on any atom is -0.483 e. The molecule has 0 fully saturated rings. The van der Waals surface area contributed by atoms with Crippen molar-refractivity contribution in [3.63, 3.8) is 0 Å². The molecule has 0 aliphatic rings. The van der Waals surface area contributed by atoms with E-state index in [0.717, 1.165) is 12.1 Å². The molecule has 0 heterocycles. The van der Waals surface area contributed by atoms with Gasteiger partial charge in [0.25, 0.3) is 5.91 Å². The van der Waals surface area contributed by atoms with Crippen molar-refractivity contribution in [2.24, 2.45) is 5.92 Å². The van der Waals surface area contributed by atoms with E-state index >= 15 is 0 Å². The number of aryl methyl sites for hydroxylation is 1. The fourth-order valence-electron chi connectivity index (χ4n) is 1.30. The van der Waals surface area contributed by atoms with E-state index in [1.807, 2.05) is 13.8 Å². The van der Waals surface area contributed by atoms with Crippen molar-refractivity contribution >= 4 is 5.91 Å². The molecule has 5 heteroatoms. The molecule has 1 aromatic rings. The van der Waals surface area contributed by atoms with Gasteiger partial charge in [0.2, 0.25) is 0 Å². The number of carbonyl (C=O) groups is 1. The fraction of sp³-hybridized carbons (Fsp3) is 0.462. The van der Waals surface area contributed by atoms with Crippen LogP contribution in [0.2, 0.25) is 0 Å². The summed E-state index contributed by atoms with van der Waals surface area (Å²) in [5, 5.41) is 2.67. The zero-order chi connectivity index (χ0) is 13.7. The summed E-state index contributed by atoms with van der Waals surface area (Å²) in [5.41, 5.74) is 0.450. The third kappa shape index (κ3) is 4.31. The van der Waals surface area contributed by atoms with E-state index in [-0.39, 0.29) is 18.3 Å². The molecule has 0 saturated heterocycles. The monoisotopic (exact) mass is 257 g/mol. The summed E-state index contributed by atoms with van der Waals surface area (Å²) in [7, 11) is 0. The molecule has 0 aliphatic heterocycles. The molecule has 100 valence electrons. The first-order valence-electron chi connectivity index (χ1n) is 5.75. The predicted octanol–water partition coefficient (Wildman–Crippen LogP) is 2.42. The Hall–Kier alpha value is -1.65. The average Bonchev–Trinajstić information content (AvgIpc) is 2.29. The third-order valence-corrected chi connectivity index (χ3v) is 2.28. The Balaban J connectivity index is 2.53. The normalized spacial score (nSPS) is 10.6. The Bertz CT molecular complexity index is 433. The first-order chi connectivity index (χ1) is 8.40. The van der Waals surface area contributed by atoms with Crippen LogP contribution in [0.3, 0.4) is 0 Å². The summed E-state index contributed by atoms with van der Waals surface area (Å²) in [6, 6.07) is 1.98. The molecule has 0 aromatic heterocycles. The molecule has 1 rings (SSSR count). The fourth-order valence-corrected chi connectivity index (χ4v) is 1.30. The summed E-state index contributed by atoms with van der Waals surface area (Å²) in [4.78, 5) is 11.4. The molecule has 18 heavy (non-hydrogen) atoms. The van der Waals surface area contributed by atoms with E-state index in [1.165, 1.54) is 0 Å². The van der Waals surface area contributed by atoms with Gasteiger partial charge < -0.3 is 10.1 Å². The number of carbonyl (C=O) groups excluding carboxylic acids is 1. The van der Waals surface area contributed by atoms with Crippen molar-refractivity contribution < 1.29 is 18.3 Å². The topological polar surface area (TPSA) is 38.3 Å². The highest BCUT2D eigenvalue weighted by Crippen LogP contribution is 2.21. The van der Waals surface area contributed by atoms with Gasteiger partial charge in [0.1, 0.15) is 5.75 Å². The van der Waals surface area contributed by atoms with Crippen LogP contribution >= 0.6 is 0 Å². The number of ether oxygens (including phenoxy) is 1.